The number of aromatic nitrogens is 4. The lowest BCUT2D eigenvalue weighted by Crippen LogP contribution is -2.30. The van der Waals surface area contributed by atoms with Crippen molar-refractivity contribution in [1.82, 2.24) is 25.4 Å². The molecule has 0 fully saturated rings. The van der Waals surface area contributed by atoms with Crippen molar-refractivity contribution in [2.45, 2.75) is 0 Å². The minimum absolute atomic E-state index is 0.0344. The molecule has 23 heavy (non-hydrogen) atoms. The maximum absolute atomic E-state index is 12.1. The zero-order chi connectivity index (χ0) is 16.4. The van der Waals surface area contributed by atoms with Crippen molar-refractivity contribution in [2.24, 2.45) is 0 Å². The van der Waals surface area contributed by atoms with Gasteiger partial charge in [0, 0.05) is 12.1 Å². The van der Waals surface area contributed by atoms with Crippen molar-refractivity contribution in [3.8, 4) is 0 Å². The van der Waals surface area contributed by atoms with Crippen molar-refractivity contribution < 1.29 is 9.72 Å². The van der Waals surface area contributed by atoms with Gasteiger partial charge in [-0.2, -0.15) is 0 Å². The number of rotatable bonds is 4. The first-order chi connectivity index (χ1) is 11.1. The Morgan fingerprint density at radius 2 is 2.13 bits per heavy atom. The summed E-state index contributed by atoms with van der Waals surface area (Å²) in [5, 5.41) is 10.6. The molecule has 0 aliphatic carbocycles. The van der Waals surface area contributed by atoms with Crippen LogP contribution in [0.4, 0.5) is 11.5 Å². The van der Waals surface area contributed by atoms with Crippen LogP contribution in [0.15, 0.2) is 30.9 Å². The molecule has 0 unspecified atom stereocenters. The second kappa shape index (κ2) is 5.85. The van der Waals surface area contributed by atoms with Crippen molar-refractivity contribution in [3.63, 3.8) is 0 Å². The van der Waals surface area contributed by atoms with E-state index in [4.69, 9.17) is 11.6 Å². The Hall–Kier alpha value is -3.27. The van der Waals surface area contributed by atoms with E-state index < -0.39 is 10.8 Å². The highest BCUT2D eigenvalue weighted by molar-refractivity contribution is 6.34. The minimum atomic E-state index is -0.596. The molecule has 0 aliphatic rings. The molecule has 0 spiro atoms. The molecule has 2 aromatic heterocycles. The Morgan fingerprint density at radius 1 is 1.30 bits per heavy atom. The van der Waals surface area contributed by atoms with Crippen molar-refractivity contribution in [1.29, 1.82) is 0 Å². The smallest absolute Gasteiger partial charge is 0.271 e. The predicted octanol–water partition coefficient (Wildman–Crippen LogP) is 1.67. The zero-order valence-corrected chi connectivity index (χ0v) is 12.0. The molecule has 3 aromatic rings. The number of hydrogen-bond acceptors (Lipinski definition) is 7. The quantitative estimate of drug-likeness (QED) is 0.487. The van der Waals surface area contributed by atoms with Crippen molar-refractivity contribution in [2.75, 3.05) is 5.43 Å². The van der Waals surface area contributed by atoms with Crippen molar-refractivity contribution in [3.05, 3.63) is 51.6 Å². The summed E-state index contributed by atoms with van der Waals surface area (Å²) in [6.07, 6.45) is 2.73. The molecular weight excluding hydrogens is 326 g/mol. The number of nitrogens with one attached hydrogen (secondary N) is 3. The molecule has 1 amide bonds. The topological polar surface area (TPSA) is 139 Å². The van der Waals surface area contributed by atoms with Gasteiger partial charge in [-0.25, -0.2) is 15.0 Å². The number of halogens is 1. The van der Waals surface area contributed by atoms with Crippen LogP contribution in [-0.2, 0) is 0 Å². The minimum Gasteiger partial charge on any atom is -0.340 e. The van der Waals surface area contributed by atoms with Gasteiger partial charge in [0.15, 0.2) is 11.5 Å². The van der Waals surface area contributed by atoms with E-state index in [1.165, 1.54) is 24.8 Å². The second-order valence-corrected chi connectivity index (χ2v) is 4.73. The third-order valence-corrected chi connectivity index (χ3v) is 3.24. The number of benzene rings is 1. The molecule has 3 rings (SSSR count). The first kappa shape index (κ1) is 14.7. The molecule has 0 saturated carbocycles. The number of nitro benzene ring substituents is 1. The van der Waals surface area contributed by atoms with E-state index in [9.17, 15) is 14.9 Å². The molecule has 0 atom stereocenters. The van der Waals surface area contributed by atoms with Gasteiger partial charge in [-0.1, -0.05) is 11.6 Å². The van der Waals surface area contributed by atoms with Crippen LogP contribution >= 0.6 is 11.6 Å². The number of hydrogen-bond donors (Lipinski definition) is 3. The van der Waals surface area contributed by atoms with Crippen LogP contribution in [0.2, 0.25) is 5.02 Å². The summed E-state index contributed by atoms with van der Waals surface area (Å²) in [6, 6.07) is 3.57. The summed E-state index contributed by atoms with van der Waals surface area (Å²) in [4.78, 5) is 36.9. The Labute approximate surface area is 133 Å². The Morgan fingerprint density at radius 3 is 2.87 bits per heavy atom. The third kappa shape index (κ3) is 2.87. The predicted molar refractivity (Wildman–Crippen MR) is 80.9 cm³/mol. The zero-order valence-electron chi connectivity index (χ0n) is 11.3. The number of anilines is 1. The molecule has 1 aromatic carbocycles. The summed E-state index contributed by atoms with van der Waals surface area (Å²) in [5.41, 5.74) is 5.86. The first-order valence-electron chi connectivity index (χ1n) is 6.20. The Balaban J connectivity index is 1.77. The van der Waals surface area contributed by atoms with E-state index >= 15 is 0 Å². The second-order valence-electron chi connectivity index (χ2n) is 4.32. The van der Waals surface area contributed by atoms with Gasteiger partial charge in [0.2, 0.25) is 0 Å². The average molecular weight is 334 g/mol. The maximum Gasteiger partial charge on any atom is 0.271 e. The highest BCUT2D eigenvalue weighted by Crippen LogP contribution is 2.22. The van der Waals surface area contributed by atoms with Crippen LogP contribution in [0.5, 0.6) is 0 Å². The van der Waals surface area contributed by atoms with E-state index in [-0.39, 0.29) is 16.3 Å². The molecular formula is C12H8ClN7O3. The van der Waals surface area contributed by atoms with Crippen LogP contribution in [0, 0.1) is 10.1 Å². The number of non-ortho nitro benzene ring substituents is 1. The molecule has 11 heteroatoms. The number of nitrogens with zero attached hydrogens (tertiary/aromatic N) is 4. The van der Waals surface area contributed by atoms with Crippen LogP contribution in [0.3, 0.4) is 0 Å². The standard InChI is InChI=1S/C12H8ClN7O3/c13-8-3-6(20(22)23)1-2-7(8)12(21)19-18-11-9-10(15-4-14-9)16-5-17-11/h1-5H,(H,19,21)(H2,14,15,16,17,18). The van der Waals surface area contributed by atoms with E-state index in [0.717, 1.165) is 6.07 Å². The molecule has 10 nitrogen and oxygen atoms in total. The number of carbonyl (C=O) groups excluding carboxylic acids is 1. The normalized spacial score (nSPS) is 10.5. The van der Waals surface area contributed by atoms with Crippen LogP contribution in [0.25, 0.3) is 11.2 Å². The van der Waals surface area contributed by atoms with Gasteiger partial charge in [0.05, 0.1) is 21.8 Å². The number of amides is 1. The average Bonchev–Trinajstić information content (AvgIpc) is 3.01. The first-order valence-corrected chi connectivity index (χ1v) is 6.58. The molecule has 116 valence electrons. The van der Waals surface area contributed by atoms with Gasteiger partial charge in [0.1, 0.15) is 11.8 Å². The lowest BCUT2D eigenvalue weighted by molar-refractivity contribution is -0.384. The molecule has 0 radical (unpaired) electrons. The fourth-order valence-electron chi connectivity index (χ4n) is 1.84. The van der Waals surface area contributed by atoms with E-state index in [1.807, 2.05) is 0 Å². The van der Waals surface area contributed by atoms with Gasteiger partial charge < -0.3 is 4.98 Å². The summed E-state index contributed by atoms with van der Waals surface area (Å²) < 4.78 is 0. The maximum atomic E-state index is 12.1. The summed E-state index contributed by atoms with van der Waals surface area (Å²) in [6.45, 7) is 0. The van der Waals surface area contributed by atoms with Gasteiger partial charge in [-0.15, -0.1) is 0 Å². The summed E-state index contributed by atoms with van der Waals surface area (Å²) >= 11 is 5.89. The fourth-order valence-corrected chi connectivity index (χ4v) is 2.11. The highest BCUT2D eigenvalue weighted by Gasteiger charge is 2.15. The monoisotopic (exact) mass is 333 g/mol. The van der Waals surface area contributed by atoms with E-state index in [1.54, 1.807) is 0 Å². The van der Waals surface area contributed by atoms with Crippen LogP contribution in [-0.4, -0.2) is 30.8 Å². The number of imidazole rings is 1. The van der Waals surface area contributed by atoms with Gasteiger partial charge >= 0.3 is 0 Å². The molecule has 3 N–H and O–H groups in total. The van der Waals surface area contributed by atoms with Gasteiger partial charge in [-0.3, -0.25) is 25.8 Å². The number of hydrazine groups is 1. The molecule has 0 bridgehead atoms. The Bertz CT molecular complexity index is 911. The van der Waals surface area contributed by atoms with Crippen molar-refractivity contribution >= 4 is 40.2 Å². The van der Waals surface area contributed by atoms with Gasteiger partial charge in [-0.05, 0) is 6.07 Å². The largest absolute Gasteiger partial charge is 0.340 e. The highest BCUT2D eigenvalue weighted by atomic mass is 35.5. The SMILES string of the molecule is O=C(NNc1ncnc2nc[nH]c12)c1ccc([N+](=O)[O-])cc1Cl. The van der Waals surface area contributed by atoms with E-state index in [0.29, 0.717) is 17.0 Å². The number of carbonyl (C=O) groups is 1. The number of fused-ring (bicyclic) bond motifs is 1. The summed E-state index contributed by atoms with van der Waals surface area (Å²) in [5.74, 6) is -0.255. The lowest BCUT2D eigenvalue weighted by atomic mass is 10.2. The number of H-pyrrole nitrogens is 1. The lowest BCUT2D eigenvalue weighted by Gasteiger charge is -2.09. The molecule has 2 heterocycles. The van der Waals surface area contributed by atoms with Crippen LogP contribution < -0.4 is 10.9 Å². The third-order valence-electron chi connectivity index (χ3n) is 2.93. The van der Waals surface area contributed by atoms with Crippen LogP contribution in [0.1, 0.15) is 10.4 Å². The number of aromatic amines is 1. The Kier molecular flexibility index (Phi) is 3.73. The number of nitro groups is 1. The molecule has 0 aliphatic heterocycles. The van der Waals surface area contributed by atoms with Gasteiger partial charge in [0.25, 0.3) is 11.6 Å². The van der Waals surface area contributed by atoms with E-state index in [2.05, 4.69) is 30.8 Å². The summed E-state index contributed by atoms with van der Waals surface area (Å²) in [7, 11) is 0. The fraction of sp³-hybridized carbons (Fsp3) is 0. The molecule has 0 saturated heterocycles.